The number of hydrogen-bond donors (Lipinski definition) is 2. The van der Waals surface area contributed by atoms with Gasteiger partial charge in [-0.2, -0.15) is 0 Å². The lowest BCUT2D eigenvalue weighted by molar-refractivity contribution is 0.0525. The van der Waals surface area contributed by atoms with E-state index in [1.165, 1.54) is 0 Å². The van der Waals surface area contributed by atoms with Crippen LogP contribution in [0.4, 0.5) is 11.4 Å². The van der Waals surface area contributed by atoms with Gasteiger partial charge in [-0.25, -0.2) is 4.79 Å². The number of benzene rings is 1. The first-order chi connectivity index (χ1) is 7.11. The highest BCUT2D eigenvalue weighted by molar-refractivity contribution is 5.94. The van der Waals surface area contributed by atoms with Crippen LogP contribution >= 0.6 is 0 Å². The maximum absolute atomic E-state index is 11.6. The number of anilines is 2. The smallest absolute Gasteiger partial charge is 0.338 e. The molecule has 1 aromatic carbocycles. The molecule has 0 aromatic heterocycles. The van der Waals surface area contributed by atoms with Crippen LogP contribution in [0.3, 0.4) is 0 Å². The quantitative estimate of drug-likeness (QED) is 0.584. The molecule has 15 heavy (non-hydrogen) atoms. The van der Waals surface area contributed by atoms with Crippen molar-refractivity contribution in [3.63, 3.8) is 0 Å². The number of nitrogens with two attached hydrogens (primary N) is 2. The average Bonchev–Trinajstić information content (AvgIpc) is 2.22. The minimum atomic E-state index is -0.346. The van der Waals surface area contributed by atoms with Crippen LogP contribution in [0.15, 0.2) is 12.1 Å². The van der Waals surface area contributed by atoms with Gasteiger partial charge in [0.1, 0.15) is 0 Å². The zero-order valence-electron chi connectivity index (χ0n) is 9.04. The number of nitrogen functional groups attached to an aromatic ring is 2. The first-order valence-corrected chi connectivity index (χ1v) is 4.95. The van der Waals surface area contributed by atoms with Gasteiger partial charge in [0.05, 0.1) is 23.5 Å². The first kappa shape index (κ1) is 11.4. The summed E-state index contributed by atoms with van der Waals surface area (Å²) in [7, 11) is 0. The molecule has 0 saturated carbocycles. The fraction of sp³-hybridized carbons (Fsp3) is 0.364. The van der Waals surface area contributed by atoms with Crippen LogP contribution in [-0.4, -0.2) is 12.6 Å². The van der Waals surface area contributed by atoms with Gasteiger partial charge in [-0.15, -0.1) is 0 Å². The lowest BCUT2D eigenvalue weighted by Gasteiger charge is -2.11. The summed E-state index contributed by atoms with van der Waals surface area (Å²) in [5.41, 5.74) is 13.7. The van der Waals surface area contributed by atoms with Crippen molar-refractivity contribution >= 4 is 17.3 Å². The molecule has 1 rings (SSSR count). The fourth-order valence-electron chi connectivity index (χ4n) is 1.46. The number of carbonyl (C=O) groups excluding carboxylic acids is 1. The summed E-state index contributed by atoms with van der Waals surface area (Å²) in [6, 6.07) is 3.28. The van der Waals surface area contributed by atoms with Gasteiger partial charge in [0.25, 0.3) is 0 Å². The van der Waals surface area contributed by atoms with Crippen molar-refractivity contribution in [2.24, 2.45) is 0 Å². The van der Waals surface area contributed by atoms with Gasteiger partial charge in [-0.1, -0.05) is 6.92 Å². The minimum absolute atomic E-state index is 0.346. The molecule has 4 heteroatoms. The molecule has 0 radical (unpaired) electrons. The Morgan fingerprint density at radius 1 is 1.33 bits per heavy atom. The maximum Gasteiger partial charge on any atom is 0.338 e. The lowest BCUT2D eigenvalue weighted by Crippen LogP contribution is -2.11. The Morgan fingerprint density at radius 3 is 2.53 bits per heavy atom. The third-order valence-corrected chi connectivity index (χ3v) is 2.24. The van der Waals surface area contributed by atoms with Crippen LogP contribution < -0.4 is 11.5 Å². The summed E-state index contributed by atoms with van der Waals surface area (Å²) in [5, 5.41) is 0. The highest BCUT2D eigenvalue weighted by Crippen LogP contribution is 2.24. The molecule has 0 unspecified atom stereocenters. The largest absolute Gasteiger partial charge is 0.462 e. The van der Waals surface area contributed by atoms with Crippen molar-refractivity contribution < 1.29 is 9.53 Å². The lowest BCUT2D eigenvalue weighted by atomic mass is 10.0. The predicted octanol–water partition coefficient (Wildman–Crippen LogP) is 1.59. The van der Waals surface area contributed by atoms with Gasteiger partial charge >= 0.3 is 5.97 Å². The van der Waals surface area contributed by atoms with Crippen LogP contribution in [0.5, 0.6) is 0 Å². The summed E-state index contributed by atoms with van der Waals surface area (Å²) in [5.74, 6) is -0.346. The topological polar surface area (TPSA) is 78.3 Å². The summed E-state index contributed by atoms with van der Waals surface area (Å²) in [4.78, 5) is 11.6. The zero-order valence-corrected chi connectivity index (χ0v) is 9.04. The van der Waals surface area contributed by atoms with Gasteiger partial charge in [0.15, 0.2) is 0 Å². The number of ether oxygens (including phenoxy) is 1. The van der Waals surface area contributed by atoms with E-state index >= 15 is 0 Å². The maximum atomic E-state index is 11.6. The van der Waals surface area contributed by atoms with Crippen LogP contribution in [-0.2, 0) is 11.2 Å². The Balaban J connectivity index is 3.18. The van der Waals surface area contributed by atoms with Gasteiger partial charge in [-0.05, 0) is 31.0 Å². The second-order valence-electron chi connectivity index (χ2n) is 3.17. The van der Waals surface area contributed by atoms with Crippen LogP contribution in [0.25, 0.3) is 0 Å². The fourth-order valence-corrected chi connectivity index (χ4v) is 1.46. The average molecular weight is 208 g/mol. The van der Waals surface area contributed by atoms with E-state index in [0.29, 0.717) is 30.0 Å². The van der Waals surface area contributed by atoms with E-state index in [1.54, 1.807) is 19.1 Å². The van der Waals surface area contributed by atoms with Gasteiger partial charge in [0.2, 0.25) is 0 Å². The Labute approximate surface area is 89.2 Å². The second-order valence-corrected chi connectivity index (χ2v) is 3.17. The van der Waals surface area contributed by atoms with Crippen molar-refractivity contribution in [1.82, 2.24) is 0 Å². The third-order valence-electron chi connectivity index (χ3n) is 2.24. The Morgan fingerprint density at radius 2 is 2.00 bits per heavy atom. The van der Waals surface area contributed by atoms with Gasteiger partial charge in [-0.3, -0.25) is 0 Å². The molecule has 0 aliphatic carbocycles. The molecule has 0 aliphatic heterocycles. The number of hydrogen-bond acceptors (Lipinski definition) is 4. The van der Waals surface area contributed by atoms with Crippen LogP contribution in [0, 0.1) is 0 Å². The molecule has 82 valence electrons. The summed E-state index contributed by atoms with van der Waals surface area (Å²) in [6.07, 6.45) is 0.658. The molecule has 0 fully saturated rings. The zero-order chi connectivity index (χ0) is 11.4. The van der Waals surface area contributed by atoms with E-state index in [1.807, 2.05) is 6.92 Å². The van der Waals surface area contributed by atoms with Gasteiger partial charge < -0.3 is 16.2 Å². The molecular formula is C11H16N2O2. The number of esters is 1. The standard InChI is InChI=1S/C11H16N2O2/c1-3-7-8(11(14)15-4-2)5-6-9(12)10(7)13/h5-6H,3-4,12-13H2,1-2H3. The molecule has 0 atom stereocenters. The molecule has 1 aromatic rings. The van der Waals surface area contributed by atoms with E-state index in [-0.39, 0.29) is 5.97 Å². The SMILES string of the molecule is CCOC(=O)c1ccc(N)c(N)c1CC. The Kier molecular flexibility index (Phi) is 3.55. The van der Waals surface area contributed by atoms with E-state index in [2.05, 4.69) is 0 Å². The van der Waals surface area contributed by atoms with Crippen molar-refractivity contribution in [3.8, 4) is 0 Å². The summed E-state index contributed by atoms with van der Waals surface area (Å²) in [6.45, 7) is 4.05. The van der Waals surface area contributed by atoms with Crippen LogP contribution in [0.2, 0.25) is 0 Å². The van der Waals surface area contributed by atoms with Crippen molar-refractivity contribution in [2.45, 2.75) is 20.3 Å². The van der Waals surface area contributed by atoms with Crippen LogP contribution in [0.1, 0.15) is 29.8 Å². The molecule has 0 aliphatic rings. The molecule has 4 nitrogen and oxygen atoms in total. The Bertz CT molecular complexity index is 375. The molecule has 0 amide bonds. The normalized spacial score (nSPS) is 10.0. The number of rotatable bonds is 3. The van der Waals surface area contributed by atoms with Crippen molar-refractivity contribution in [2.75, 3.05) is 18.1 Å². The Hall–Kier alpha value is -1.71. The van der Waals surface area contributed by atoms with Gasteiger partial charge in [0, 0.05) is 0 Å². The summed E-state index contributed by atoms with van der Waals surface area (Å²) < 4.78 is 4.93. The molecule has 0 heterocycles. The molecular weight excluding hydrogens is 192 g/mol. The van der Waals surface area contributed by atoms with E-state index in [4.69, 9.17) is 16.2 Å². The molecule has 0 spiro atoms. The predicted molar refractivity (Wildman–Crippen MR) is 60.6 cm³/mol. The molecule has 0 saturated heterocycles. The van der Waals surface area contributed by atoms with E-state index in [9.17, 15) is 4.79 Å². The first-order valence-electron chi connectivity index (χ1n) is 4.95. The third kappa shape index (κ3) is 2.21. The van der Waals surface area contributed by atoms with Crippen molar-refractivity contribution in [1.29, 1.82) is 0 Å². The highest BCUT2D eigenvalue weighted by atomic mass is 16.5. The summed E-state index contributed by atoms with van der Waals surface area (Å²) >= 11 is 0. The minimum Gasteiger partial charge on any atom is -0.462 e. The molecule has 0 bridgehead atoms. The van der Waals surface area contributed by atoms with Crippen molar-refractivity contribution in [3.05, 3.63) is 23.3 Å². The highest BCUT2D eigenvalue weighted by Gasteiger charge is 2.14. The second kappa shape index (κ2) is 4.68. The van der Waals surface area contributed by atoms with E-state index in [0.717, 1.165) is 5.56 Å². The number of carbonyl (C=O) groups is 1. The monoisotopic (exact) mass is 208 g/mol. The molecule has 4 N–H and O–H groups in total. The van der Waals surface area contributed by atoms with E-state index < -0.39 is 0 Å².